The molecule has 2 aromatic rings. The largest absolute Gasteiger partial charge is 0.490 e. The van der Waals surface area contributed by atoms with Crippen molar-refractivity contribution in [3.8, 4) is 11.6 Å². The van der Waals surface area contributed by atoms with E-state index >= 15 is 0 Å². The lowest BCUT2D eigenvalue weighted by Gasteiger charge is -2.06. The highest BCUT2D eigenvalue weighted by atomic mass is 19.1. The van der Waals surface area contributed by atoms with Gasteiger partial charge < -0.3 is 14.8 Å². The van der Waals surface area contributed by atoms with Crippen LogP contribution in [0.15, 0.2) is 42.6 Å². The van der Waals surface area contributed by atoms with E-state index in [0.717, 1.165) is 12.3 Å². The predicted molar refractivity (Wildman–Crippen MR) is 60.5 cm³/mol. The van der Waals surface area contributed by atoms with Crippen LogP contribution in [0.5, 0.6) is 11.6 Å². The van der Waals surface area contributed by atoms with Gasteiger partial charge in [-0.2, -0.15) is 0 Å². The van der Waals surface area contributed by atoms with Crippen molar-refractivity contribution in [2.75, 3.05) is 0 Å². The van der Waals surface area contributed by atoms with Crippen LogP contribution < -0.4 is 10.2 Å². The van der Waals surface area contributed by atoms with Crippen LogP contribution in [0.3, 0.4) is 0 Å². The SMILES string of the molecule is OB(O)c1cnc(Oc2ccccc2)c(F)c1. The molecule has 2 rings (SSSR count). The number of aromatic nitrogens is 1. The monoisotopic (exact) mass is 233 g/mol. The maximum absolute atomic E-state index is 13.5. The maximum atomic E-state index is 13.5. The van der Waals surface area contributed by atoms with Crippen molar-refractivity contribution in [3.05, 3.63) is 48.4 Å². The molecule has 0 saturated heterocycles. The number of rotatable bonds is 3. The Morgan fingerprint density at radius 3 is 2.47 bits per heavy atom. The number of nitrogens with zero attached hydrogens (tertiary/aromatic N) is 1. The Kier molecular flexibility index (Phi) is 3.36. The highest BCUT2D eigenvalue weighted by molar-refractivity contribution is 6.58. The first kappa shape index (κ1) is 11.6. The van der Waals surface area contributed by atoms with Gasteiger partial charge in [0, 0.05) is 11.7 Å². The molecular formula is C11H9BFNO3. The van der Waals surface area contributed by atoms with Crippen LogP contribution in [-0.2, 0) is 0 Å². The van der Waals surface area contributed by atoms with E-state index in [9.17, 15) is 4.39 Å². The van der Waals surface area contributed by atoms with Crippen molar-refractivity contribution in [2.45, 2.75) is 0 Å². The van der Waals surface area contributed by atoms with E-state index in [1.54, 1.807) is 24.3 Å². The molecular weight excluding hydrogens is 224 g/mol. The number of pyridine rings is 1. The summed E-state index contributed by atoms with van der Waals surface area (Å²) in [5, 5.41) is 17.7. The van der Waals surface area contributed by atoms with Crippen molar-refractivity contribution in [1.82, 2.24) is 4.98 Å². The number of hydrogen-bond donors (Lipinski definition) is 2. The second-order valence-electron chi connectivity index (χ2n) is 3.34. The van der Waals surface area contributed by atoms with Crippen LogP contribution in [0.4, 0.5) is 4.39 Å². The zero-order valence-corrected chi connectivity index (χ0v) is 8.75. The second-order valence-corrected chi connectivity index (χ2v) is 3.34. The van der Waals surface area contributed by atoms with Gasteiger partial charge in [0.25, 0.3) is 5.88 Å². The molecule has 0 bridgehead atoms. The van der Waals surface area contributed by atoms with Gasteiger partial charge in [-0.05, 0) is 18.2 Å². The van der Waals surface area contributed by atoms with Gasteiger partial charge in [-0.25, -0.2) is 9.37 Å². The molecule has 0 spiro atoms. The lowest BCUT2D eigenvalue weighted by Crippen LogP contribution is -2.30. The van der Waals surface area contributed by atoms with Gasteiger partial charge in [0.2, 0.25) is 0 Å². The Bertz CT molecular complexity index is 507. The first-order chi connectivity index (χ1) is 8.16. The minimum Gasteiger partial charge on any atom is -0.436 e. The molecule has 0 saturated carbocycles. The van der Waals surface area contributed by atoms with Crippen LogP contribution in [0, 0.1) is 5.82 Å². The molecule has 2 N–H and O–H groups in total. The van der Waals surface area contributed by atoms with Crippen LogP contribution >= 0.6 is 0 Å². The Hall–Kier alpha value is -1.92. The molecule has 1 aromatic heterocycles. The third-order valence-electron chi connectivity index (χ3n) is 2.08. The average Bonchev–Trinajstić information content (AvgIpc) is 2.33. The molecule has 1 heterocycles. The number of para-hydroxylation sites is 1. The molecule has 0 aliphatic rings. The van der Waals surface area contributed by atoms with Crippen molar-refractivity contribution in [3.63, 3.8) is 0 Å². The summed E-state index contributed by atoms with van der Waals surface area (Å²) in [5.74, 6) is -0.503. The number of hydrogen-bond acceptors (Lipinski definition) is 4. The van der Waals surface area contributed by atoms with Gasteiger partial charge in [0.1, 0.15) is 5.75 Å². The van der Waals surface area contributed by atoms with Gasteiger partial charge in [-0.3, -0.25) is 0 Å². The molecule has 0 aliphatic heterocycles. The van der Waals surface area contributed by atoms with Crippen LogP contribution in [0.1, 0.15) is 0 Å². The first-order valence-electron chi connectivity index (χ1n) is 4.91. The van der Waals surface area contributed by atoms with Gasteiger partial charge >= 0.3 is 7.12 Å². The fourth-order valence-electron chi connectivity index (χ4n) is 1.26. The summed E-state index contributed by atoms with van der Waals surface area (Å²) >= 11 is 0. The van der Waals surface area contributed by atoms with Crippen LogP contribution in [0.2, 0.25) is 0 Å². The summed E-state index contributed by atoms with van der Waals surface area (Å²) in [6.07, 6.45) is 1.14. The highest BCUT2D eigenvalue weighted by Crippen LogP contribution is 2.20. The lowest BCUT2D eigenvalue weighted by molar-refractivity contribution is 0.417. The van der Waals surface area contributed by atoms with E-state index in [2.05, 4.69) is 4.98 Å². The van der Waals surface area contributed by atoms with E-state index < -0.39 is 12.9 Å². The molecule has 0 amide bonds. The average molecular weight is 233 g/mol. The normalized spacial score (nSPS) is 10.1. The van der Waals surface area contributed by atoms with E-state index in [1.165, 1.54) is 0 Å². The summed E-state index contributed by atoms with van der Waals surface area (Å²) in [5.41, 5.74) is -0.0251. The topological polar surface area (TPSA) is 62.6 Å². The number of halogens is 1. The van der Waals surface area contributed by atoms with Crippen molar-refractivity contribution < 1.29 is 19.2 Å². The third kappa shape index (κ3) is 2.80. The van der Waals surface area contributed by atoms with E-state index in [0.29, 0.717) is 5.75 Å². The molecule has 0 fully saturated rings. The van der Waals surface area contributed by atoms with Gasteiger partial charge in [-0.15, -0.1) is 0 Å². The Morgan fingerprint density at radius 1 is 1.18 bits per heavy atom. The Morgan fingerprint density at radius 2 is 1.88 bits per heavy atom. The number of ether oxygens (including phenoxy) is 1. The molecule has 4 nitrogen and oxygen atoms in total. The standard InChI is InChI=1S/C11H9BFNO3/c13-10-6-8(12(15)16)7-14-11(10)17-9-4-2-1-3-5-9/h1-7,15-16H. The summed E-state index contributed by atoms with van der Waals surface area (Å²) in [6.45, 7) is 0. The van der Waals surface area contributed by atoms with E-state index in [1.807, 2.05) is 6.07 Å². The predicted octanol–water partition coefficient (Wildman–Crippen LogP) is 0.693. The molecule has 0 radical (unpaired) electrons. The highest BCUT2D eigenvalue weighted by Gasteiger charge is 2.15. The smallest absolute Gasteiger partial charge is 0.436 e. The molecule has 17 heavy (non-hydrogen) atoms. The molecule has 0 aliphatic carbocycles. The Balaban J connectivity index is 2.23. The van der Waals surface area contributed by atoms with E-state index in [-0.39, 0.29) is 11.3 Å². The fraction of sp³-hybridized carbons (Fsp3) is 0. The molecule has 0 atom stereocenters. The fourth-order valence-corrected chi connectivity index (χ4v) is 1.26. The molecule has 1 aromatic carbocycles. The van der Waals surface area contributed by atoms with Gasteiger partial charge in [0.15, 0.2) is 5.82 Å². The summed E-state index contributed by atoms with van der Waals surface area (Å²) in [6, 6.07) is 9.60. The molecule has 0 unspecified atom stereocenters. The van der Waals surface area contributed by atoms with E-state index in [4.69, 9.17) is 14.8 Å². The van der Waals surface area contributed by atoms with Crippen LogP contribution in [0.25, 0.3) is 0 Å². The van der Waals surface area contributed by atoms with Crippen molar-refractivity contribution in [1.29, 1.82) is 0 Å². The minimum absolute atomic E-state index is 0.0251. The third-order valence-corrected chi connectivity index (χ3v) is 2.08. The summed E-state index contributed by atoms with van der Waals surface area (Å²) in [7, 11) is -1.75. The van der Waals surface area contributed by atoms with Crippen molar-refractivity contribution >= 4 is 12.6 Å². The first-order valence-corrected chi connectivity index (χ1v) is 4.91. The second kappa shape index (κ2) is 4.94. The number of benzene rings is 1. The summed E-state index contributed by atoms with van der Waals surface area (Å²) in [4.78, 5) is 3.68. The molecule has 6 heteroatoms. The maximum Gasteiger partial charge on any atom is 0.490 e. The lowest BCUT2D eigenvalue weighted by atomic mass is 9.82. The minimum atomic E-state index is -1.75. The van der Waals surface area contributed by atoms with Gasteiger partial charge in [-0.1, -0.05) is 18.2 Å². The zero-order chi connectivity index (χ0) is 12.3. The summed E-state index contributed by atoms with van der Waals surface area (Å²) < 4.78 is 18.7. The zero-order valence-electron chi connectivity index (χ0n) is 8.75. The van der Waals surface area contributed by atoms with Crippen LogP contribution in [-0.4, -0.2) is 22.2 Å². The van der Waals surface area contributed by atoms with Gasteiger partial charge in [0.05, 0.1) is 0 Å². The quantitative estimate of drug-likeness (QED) is 0.765. The van der Waals surface area contributed by atoms with Crippen molar-refractivity contribution in [2.24, 2.45) is 0 Å². The molecule has 86 valence electrons. The Labute approximate surface area is 97.5 Å².